The fraction of sp³-hybridized carbons (Fsp3) is 0.909. The minimum atomic E-state index is 0.319. The van der Waals surface area contributed by atoms with Crippen LogP contribution in [0.1, 0.15) is 25.7 Å². The Hall–Kier alpha value is -0.220. The molecule has 0 aromatic carbocycles. The normalized spacial score (nSPS) is 27.1. The molecule has 1 saturated heterocycles. The molecule has 2 aliphatic rings. The van der Waals surface area contributed by atoms with Crippen molar-refractivity contribution in [3.05, 3.63) is 0 Å². The largest absolute Gasteiger partial charge is 0.343 e. The SMILES string of the molecule is CN(C(=O)CC1CSCCN1)C1CCC1. The Kier molecular flexibility index (Phi) is 3.92. The van der Waals surface area contributed by atoms with Crippen molar-refractivity contribution in [2.24, 2.45) is 0 Å². The van der Waals surface area contributed by atoms with Gasteiger partial charge in [-0.1, -0.05) is 0 Å². The van der Waals surface area contributed by atoms with Crippen molar-refractivity contribution in [2.75, 3.05) is 25.1 Å². The highest BCUT2D eigenvalue weighted by Gasteiger charge is 2.27. The van der Waals surface area contributed by atoms with E-state index in [1.807, 2.05) is 23.7 Å². The van der Waals surface area contributed by atoms with Crippen LogP contribution in [0, 0.1) is 0 Å². The molecule has 2 rings (SSSR count). The minimum absolute atomic E-state index is 0.319. The summed E-state index contributed by atoms with van der Waals surface area (Å²) in [4.78, 5) is 13.9. The van der Waals surface area contributed by atoms with Crippen LogP contribution < -0.4 is 5.32 Å². The molecule has 1 saturated carbocycles. The third kappa shape index (κ3) is 2.88. The molecule has 1 amide bonds. The summed E-state index contributed by atoms with van der Waals surface area (Å²) in [5.41, 5.74) is 0. The second-order valence-electron chi connectivity index (χ2n) is 4.52. The number of nitrogens with zero attached hydrogens (tertiary/aromatic N) is 1. The summed E-state index contributed by atoms with van der Waals surface area (Å²) < 4.78 is 0. The molecule has 3 nitrogen and oxygen atoms in total. The van der Waals surface area contributed by atoms with Crippen LogP contribution in [0.15, 0.2) is 0 Å². The second kappa shape index (κ2) is 5.21. The van der Waals surface area contributed by atoms with E-state index in [0.29, 0.717) is 24.4 Å². The van der Waals surface area contributed by atoms with Gasteiger partial charge >= 0.3 is 0 Å². The smallest absolute Gasteiger partial charge is 0.224 e. The molecule has 15 heavy (non-hydrogen) atoms. The summed E-state index contributed by atoms with van der Waals surface area (Å²) in [6, 6.07) is 0.938. The fourth-order valence-electron chi connectivity index (χ4n) is 2.08. The molecule has 0 aromatic heterocycles. The van der Waals surface area contributed by atoms with Crippen molar-refractivity contribution < 1.29 is 4.79 Å². The zero-order valence-corrected chi connectivity index (χ0v) is 10.2. The Balaban J connectivity index is 1.74. The average molecular weight is 228 g/mol. The lowest BCUT2D eigenvalue weighted by molar-refractivity contribution is -0.133. The van der Waals surface area contributed by atoms with E-state index in [0.717, 1.165) is 12.3 Å². The standard InChI is InChI=1S/C11H20N2OS/c1-13(10-3-2-4-10)11(14)7-9-8-15-6-5-12-9/h9-10,12H,2-8H2,1H3. The van der Waals surface area contributed by atoms with Crippen molar-refractivity contribution in [3.63, 3.8) is 0 Å². The number of hydrogen-bond donors (Lipinski definition) is 1. The van der Waals surface area contributed by atoms with Crippen molar-refractivity contribution in [1.82, 2.24) is 10.2 Å². The molecule has 0 spiro atoms. The van der Waals surface area contributed by atoms with Gasteiger partial charge in [-0.05, 0) is 19.3 Å². The summed E-state index contributed by atoms with van der Waals surface area (Å²) >= 11 is 1.95. The minimum Gasteiger partial charge on any atom is -0.343 e. The zero-order valence-electron chi connectivity index (χ0n) is 9.37. The highest BCUT2D eigenvalue weighted by atomic mass is 32.2. The number of rotatable bonds is 3. The van der Waals surface area contributed by atoms with Gasteiger partial charge in [-0.2, -0.15) is 11.8 Å². The first-order chi connectivity index (χ1) is 7.27. The Labute approximate surface area is 96.0 Å². The molecule has 1 atom stereocenters. The summed E-state index contributed by atoms with van der Waals surface area (Å²) in [6.45, 7) is 1.05. The summed E-state index contributed by atoms with van der Waals surface area (Å²) in [5.74, 6) is 2.59. The molecule has 1 aliphatic heterocycles. The summed E-state index contributed by atoms with van der Waals surface area (Å²) in [7, 11) is 1.96. The van der Waals surface area contributed by atoms with E-state index < -0.39 is 0 Å². The Bertz CT molecular complexity index is 225. The van der Waals surface area contributed by atoms with Gasteiger partial charge in [0.1, 0.15) is 0 Å². The molecule has 1 heterocycles. The molecule has 1 unspecified atom stereocenters. The van der Waals surface area contributed by atoms with Gasteiger partial charge in [0.05, 0.1) is 0 Å². The molecule has 1 N–H and O–H groups in total. The Morgan fingerprint density at radius 3 is 2.87 bits per heavy atom. The van der Waals surface area contributed by atoms with Crippen LogP contribution in [0.5, 0.6) is 0 Å². The van der Waals surface area contributed by atoms with Gasteiger partial charge < -0.3 is 10.2 Å². The summed E-state index contributed by atoms with van der Waals surface area (Å²) in [6.07, 6.45) is 4.38. The van der Waals surface area contributed by atoms with Crippen LogP contribution >= 0.6 is 11.8 Å². The van der Waals surface area contributed by atoms with Gasteiger partial charge in [-0.3, -0.25) is 4.79 Å². The monoisotopic (exact) mass is 228 g/mol. The third-order valence-electron chi connectivity index (χ3n) is 3.44. The van der Waals surface area contributed by atoms with E-state index >= 15 is 0 Å². The maximum atomic E-state index is 11.9. The number of amides is 1. The predicted octanol–water partition coefficient (Wildman–Crippen LogP) is 1.09. The molecule has 86 valence electrons. The van der Waals surface area contributed by atoms with E-state index in [1.54, 1.807) is 0 Å². The topological polar surface area (TPSA) is 32.3 Å². The highest BCUT2D eigenvalue weighted by molar-refractivity contribution is 7.99. The molecule has 2 fully saturated rings. The third-order valence-corrected chi connectivity index (χ3v) is 4.57. The van der Waals surface area contributed by atoms with Gasteiger partial charge in [0.2, 0.25) is 5.91 Å². The first-order valence-corrected chi connectivity index (χ1v) is 6.99. The van der Waals surface area contributed by atoms with Crippen LogP contribution in [0.4, 0.5) is 0 Å². The molecular weight excluding hydrogens is 208 g/mol. The Morgan fingerprint density at radius 2 is 2.33 bits per heavy atom. The maximum Gasteiger partial charge on any atom is 0.224 e. The quantitative estimate of drug-likeness (QED) is 0.785. The second-order valence-corrected chi connectivity index (χ2v) is 5.67. The lowest BCUT2D eigenvalue weighted by Gasteiger charge is -2.36. The summed E-state index contributed by atoms with van der Waals surface area (Å²) in [5, 5.41) is 3.41. The number of thioether (sulfide) groups is 1. The van der Waals surface area contributed by atoms with Crippen LogP contribution in [0.2, 0.25) is 0 Å². The van der Waals surface area contributed by atoms with Crippen molar-refractivity contribution >= 4 is 17.7 Å². The predicted molar refractivity (Wildman–Crippen MR) is 64.1 cm³/mol. The maximum absolute atomic E-state index is 11.9. The van der Waals surface area contributed by atoms with Crippen LogP contribution in [-0.2, 0) is 4.79 Å². The van der Waals surface area contributed by atoms with Crippen molar-refractivity contribution in [2.45, 2.75) is 37.8 Å². The number of carbonyl (C=O) groups is 1. The molecular formula is C11H20N2OS. The molecule has 0 bridgehead atoms. The van der Waals surface area contributed by atoms with Crippen LogP contribution in [-0.4, -0.2) is 48.0 Å². The average Bonchev–Trinajstić information content (AvgIpc) is 2.16. The number of carbonyl (C=O) groups excluding carboxylic acids is 1. The number of nitrogens with one attached hydrogen (secondary N) is 1. The zero-order chi connectivity index (χ0) is 10.7. The van der Waals surface area contributed by atoms with Gasteiger partial charge in [0.25, 0.3) is 0 Å². The van der Waals surface area contributed by atoms with Gasteiger partial charge in [0.15, 0.2) is 0 Å². The fourth-order valence-corrected chi connectivity index (χ4v) is 3.03. The van der Waals surface area contributed by atoms with Crippen LogP contribution in [0.3, 0.4) is 0 Å². The van der Waals surface area contributed by atoms with E-state index in [1.165, 1.54) is 25.0 Å². The molecule has 1 aliphatic carbocycles. The van der Waals surface area contributed by atoms with Gasteiger partial charge in [0, 0.05) is 43.6 Å². The van der Waals surface area contributed by atoms with Gasteiger partial charge in [-0.25, -0.2) is 0 Å². The van der Waals surface area contributed by atoms with Crippen molar-refractivity contribution in [3.8, 4) is 0 Å². The van der Waals surface area contributed by atoms with E-state index in [4.69, 9.17) is 0 Å². The van der Waals surface area contributed by atoms with E-state index in [2.05, 4.69) is 5.32 Å². The lowest BCUT2D eigenvalue weighted by atomic mass is 9.91. The lowest BCUT2D eigenvalue weighted by Crippen LogP contribution is -2.46. The van der Waals surface area contributed by atoms with Crippen LogP contribution in [0.25, 0.3) is 0 Å². The Morgan fingerprint density at radius 1 is 1.53 bits per heavy atom. The first-order valence-electron chi connectivity index (χ1n) is 5.84. The van der Waals surface area contributed by atoms with E-state index in [-0.39, 0.29) is 0 Å². The molecule has 4 heteroatoms. The highest BCUT2D eigenvalue weighted by Crippen LogP contribution is 2.24. The van der Waals surface area contributed by atoms with E-state index in [9.17, 15) is 4.79 Å². The van der Waals surface area contributed by atoms with Crippen molar-refractivity contribution in [1.29, 1.82) is 0 Å². The molecule has 0 radical (unpaired) electrons. The molecule has 0 aromatic rings. The first kappa shape index (κ1) is 11.3. The number of hydrogen-bond acceptors (Lipinski definition) is 3. The van der Waals surface area contributed by atoms with Gasteiger partial charge in [-0.15, -0.1) is 0 Å².